The molecule has 5 heteroatoms. The topological polar surface area (TPSA) is 70.7 Å². The van der Waals surface area contributed by atoms with Crippen molar-refractivity contribution in [1.29, 1.82) is 0 Å². The van der Waals surface area contributed by atoms with Gasteiger partial charge in [-0.1, -0.05) is 37.3 Å². The van der Waals surface area contributed by atoms with Crippen LogP contribution in [0.3, 0.4) is 0 Å². The van der Waals surface area contributed by atoms with Crippen LogP contribution in [0.2, 0.25) is 0 Å². The van der Waals surface area contributed by atoms with Gasteiger partial charge in [-0.25, -0.2) is 0 Å². The van der Waals surface area contributed by atoms with Crippen LogP contribution in [0.1, 0.15) is 35.2 Å². The normalized spacial score (nSPS) is 12.2. The Morgan fingerprint density at radius 2 is 1.91 bits per heavy atom. The molecule has 0 bridgehead atoms. The number of benzene rings is 2. The van der Waals surface area contributed by atoms with Crippen molar-refractivity contribution in [2.24, 2.45) is 0 Å². The van der Waals surface area contributed by atoms with E-state index in [1.165, 1.54) is 5.56 Å². The van der Waals surface area contributed by atoms with E-state index in [0.29, 0.717) is 23.5 Å². The number of hydrogen-bond acceptors (Lipinski definition) is 3. The predicted octanol–water partition coefficient (Wildman–Crippen LogP) is 2.88. The Bertz CT molecular complexity index is 766. The highest BCUT2D eigenvalue weighted by Gasteiger charge is 2.12. The van der Waals surface area contributed by atoms with Crippen LogP contribution in [0.5, 0.6) is 0 Å². The molecule has 0 spiro atoms. The summed E-state index contributed by atoms with van der Waals surface area (Å²) in [4.78, 5) is 12.3. The maximum absolute atomic E-state index is 12.3. The first kappa shape index (κ1) is 14.3. The average molecular weight is 294 g/mol. The molecule has 0 aliphatic rings. The van der Waals surface area contributed by atoms with Crippen LogP contribution in [0.25, 0.3) is 11.0 Å². The van der Waals surface area contributed by atoms with Gasteiger partial charge in [0.1, 0.15) is 11.0 Å². The third-order valence-electron chi connectivity index (χ3n) is 3.85. The zero-order valence-corrected chi connectivity index (χ0v) is 12.4. The standard InChI is InChI=1S/C17H18N4O/c1-2-12(13-6-4-3-5-7-13)11-18-17(22)14-8-9-15-16(10-14)20-21-19-15/h3-10,12H,2,11H2,1H3,(H,18,22)(H,19,20,21)/t12-/m0/s1. The fourth-order valence-corrected chi connectivity index (χ4v) is 2.52. The number of hydrogen-bond donors (Lipinski definition) is 2. The van der Waals surface area contributed by atoms with Gasteiger partial charge in [0.25, 0.3) is 5.91 Å². The number of rotatable bonds is 5. The summed E-state index contributed by atoms with van der Waals surface area (Å²) in [5, 5.41) is 13.5. The van der Waals surface area contributed by atoms with Crippen molar-refractivity contribution in [3.8, 4) is 0 Å². The van der Waals surface area contributed by atoms with E-state index < -0.39 is 0 Å². The first-order valence-corrected chi connectivity index (χ1v) is 7.41. The van der Waals surface area contributed by atoms with Gasteiger partial charge in [-0.2, -0.15) is 15.4 Å². The summed E-state index contributed by atoms with van der Waals surface area (Å²) in [5.41, 5.74) is 3.30. The molecule has 1 atom stereocenters. The monoisotopic (exact) mass is 294 g/mol. The smallest absolute Gasteiger partial charge is 0.251 e. The SMILES string of the molecule is CC[C@@H](CNC(=O)c1ccc2n[nH]nc2c1)c1ccccc1. The van der Waals surface area contributed by atoms with Crippen molar-refractivity contribution in [3.05, 3.63) is 59.7 Å². The number of carbonyl (C=O) groups is 1. The lowest BCUT2D eigenvalue weighted by Crippen LogP contribution is -2.28. The number of H-pyrrole nitrogens is 1. The zero-order valence-electron chi connectivity index (χ0n) is 12.4. The minimum atomic E-state index is -0.0840. The average Bonchev–Trinajstić information content (AvgIpc) is 3.03. The first-order chi connectivity index (χ1) is 10.8. The molecule has 0 radical (unpaired) electrons. The van der Waals surface area contributed by atoms with Crippen LogP contribution in [-0.4, -0.2) is 27.9 Å². The Kier molecular flexibility index (Phi) is 4.14. The maximum atomic E-state index is 12.3. The van der Waals surface area contributed by atoms with Crippen molar-refractivity contribution in [3.63, 3.8) is 0 Å². The number of nitrogens with one attached hydrogen (secondary N) is 2. The second-order valence-electron chi connectivity index (χ2n) is 5.25. The van der Waals surface area contributed by atoms with E-state index in [1.54, 1.807) is 18.2 Å². The second-order valence-corrected chi connectivity index (χ2v) is 5.25. The van der Waals surface area contributed by atoms with E-state index in [2.05, 4.69) is 39.8 Å². The van der Waals surface area contributed by atoms with E-state index in [-0.39, 0.29) is 5.91 Å². The molecule has 1 aromatic heterocycles. The molecule has 0 fully saturated rings. The molecule has 2 N–H and O–H groups in total. The summed E-state index contributed by atoms with van der Waals surface area (Å²) in [5.74, 6) is 0.236. The van der Waals surface area contributed by atoms with Gasteiger partial charge < -0.3 is 5.32 Å². The molecule has 5 nitrogen and oxygen atoms in total. The van der Waals surface area contributed by atoms with Gasteiger partial charge in [0.2, 0.25) is 0 Å². The van der Waals surface area contributed by atoms with Crippen molar-refractivity contribution < 1.29 is 4.79 Å². The minimum absolute atomic E-state index is 0.0840. The van der Waals surface area contributed by atoms with Gasteiger partial charge in [-0.05, 0) is 30.2 Å². The van der Waals surface area contributed by atoms with E-state index in [4.69, 9.17) is 0 Å². The molecule has 0 aliphatic heterocycles. The number of aromatic amines is 1. The van der Waals surface area contributed by atoms with Crippen LogP contribution in [0.4, 0.5) is 0 Å². The Labute approximate surface area is 128 Å². The third kappa shape index (κ3) is 2.98. The number of aromatic nitrogens is 3. The second kappa shape index (κ2) is 6.39. The van der Waals surface area contributed by atoms with Gasteiger partial charge in [0.05, 0.1) is 0 Å². The van der Waals surface area contributed by atoms with E-state index in [1.807, 2.05) is 18.2 Å². The molecule has 0 unspecified atom stereocenters. The zero-order chi connectivity index (χ0) is 15.4. The third-order valence-corrected chi connectivity index (χ3v) is 3.85. The van der Waals surface area contributed by atoms with Crippen molar-refractivity contribution in [2.75, 3.05) is 6.54 Å². The maximum Gasteiger partial charge on any atom is 0.251 e. The highest BCUT2D eigenvalue weighted by Crippen LogP contribution is 2.18. The number of amides is 1. The molecule has 2 aromatic carbocycles. The molecular formula is C17H18N4O. The van der Waals surface area contributed by atoms with Crippen LogP contribution in [0.15, 0.2) is 48.5 Å². The number of carbonyl (C=O) groups excluding carboxylic acids is 1. The van der Waals surface area contributed by atoms with E-state index in [9.17, 15) is 4.79 Å². The molecule has 22 heavy (non-hydrogen) atoms. The Balaban J connectivity index is 1.68. The number of nitrogens with zero attached hydrogens (tertiary/aromatic N) is 2. The highest BCUT2D eigenvalue weighted by molar-refractivity contribution is 5.97. The molecule has 0 saturated heterocycles. The quantitative estimate of drug-likeness (QED) is 0.760. The molecular weight excluding hydrogens is 276 g/mol. The van der Waals surface area contributed by atoms with Crippen LogP contribution >= 0.6 is 0 Å². The Morgan fingerprint density at radius 3 is 2.68 bits per heavy atom. The van der Waals surface area contributed by atoms with Crippen molar-refractivity contribution in [1.82, 2.24) is 20.7 Å². The molecule has 3 rings (SSSR count). The van der Waals surface area contributed by atoms with Gasteiger partial charge >= 0.3 is 0 Å². The van der Waals surface area contributed by atoms with Crippen molar-refractivity contribution >= 4 is 16.9 Å². The van der Waals surface area contributed by atoms with E-state index in [0.717, 1.165) is 11.9 Å². The predicted molar refractivity (Wildman–Crippen MR) is 85.7 cm³/mol. The Morgan fingerprint density at radius 1 is 1.14 bits per heavy atom. The van der Waals surface area contributed by atoms with Gasteiger partial charge in [0.15, 0.2) is 0 Å². The summed E-state index contributed by atoms with van der Waals surface area (Å²) in [6, 6.07) is 15.6. The summed E-state index contributed by atoms with van der Waals surface area (Å²) in [7, 11) is 0. The summed E-state index contributed by atoms with van der Waals surface area (Å²) < 4.78 is 0. The van der Waals surface area contributed by atoms with Crippen molar-refractivity contribution in [2.45, 2.75) is 19.3 Å². The van der Waals surface area contributed by atoms with Crippen LogP contribution < -0.4 is 5.32 Å². The molecule has 112 valence electrons. The summed E-state index contributed by atoms with van der Waals surface area (Å²) in [6.45, 7) is 2.75. The summed E-state index contributed by atoms with van der Waals surface area (Å²) in [6.07, 6.45) is 0.979. The highest BCUT2D eigenvalue weighted by atomic mass is 16.1. The lowest BCUT2D eigenvalue weighted by molar-refractivity contribution is 0.0951. The van der Waals surface area contributed by atoms with Crippen LogP contribution in [0, 0.1) is 0 Å². The minimum Gasteiger partial charge on any atom is -0.351 e. The fourth-order valence-electron chi connectivity index (χ4n) is 2.52. The summed E-state index contributed by atoms with van der Waals surface area (Å²) >= 11 is 0. The molecule has 0 aliphatic carbocycles. The lowest BCUT2D eigenvalue weighted by atomic mass is 9.96. The largest absolute Gasteiger partial charge is 0.351 e. The van der Waals surface area contributed by atoms with Crippen LogP contribution in [-0.2, 0) is 0 Å². The van der Waals surface area contributed by atoms with Gasteiger partial charge in [-0.3, -0.25) is 4.79 Å². The molecule has 1 amide bonds. The fraction of sp³-hybridized carbons (Fsp3) is 0.235. The Hall–Kier alpha value is -2.69. The van der Waals surface area contributed by atoms with E-state index >= 15 is 0 Å². The first-order valence-electron chi connectivity index (χ1n) is 7.41. The lowest BCUT2D eigenvalue weighted by Gasteiger charge is -2.16. The van der Waals surface area contributed by atoms with Gasteiger partial charge in [0, 0.05) is 18.0 Å². The molecule has 0 saturated carbocycles. The molecule has 1 heterocycles. The van der Waals surface area contributed by atoms with Gasteiger partial charge in [-0.15, -0.1) is 0 Å². The molecule has 3 aromatic rings. The number of fused-ring (bicyclic) bond motifs is 1.